The summed E-state index contributed by atoms with van der Waals surface area (Å²) in [6, 6.07) is 9.23. The summed E-state index contributed by atoms with van der Waals surface area (Å²) in [5, 5.41) is 3.62. The van der Waals surface area contributed by atoms with Gasteiger partial charge in [-0.05, 0) is 43.9 Å². The van der Waals surface area contributed by atoms with Gasteiger partial charge in [0.25, 0.3) is 0 Å². The molecule has 0 amide bonds. The molecule has 1 fully saturated rings. The minimum Gasteiger partial charge on any atom is -0.311 e. The van der Waals surface area contributed by atoms with Gasteiger partial charge in [-0.25, -0.2) is 0 Å². The topological polar surface area (TPSA) is 12.0 Å². The summed E-state index contributed by atoms with van der Waals surface area (Å²) >= 11 is 0. The Morgan fingerprint density at radius 2 is 1.65 bits per heavy atom. The van der Waals surface area contributed by atoms with E-state index in [1.54, 1.807) is 0 Å². The molecule has 17 heavy (non-hydrogen) atoms. The van der Waals surface area contributed by atoms with Crippen LogP contribution in [-0.4, -0.2) is 12.1 Å². The summed E-state index contributed by atoms with van der Waals surface area (Å²) in [5.41, 5.74) is 3.34. The van der Waals surface area contributed by atoms with E-state index in [2.05, 4.69) is 64.2 Å². The Morgan fingerprint density at radius 3 is 2.06 bits per heavy atom. The van der Waals surface area contributed by atoms with Crippen molar-refractivity contribution in [2.45, 2.75) is 57.9 Å². The fourth-order valence-electron chi connectivity index (χ4n) is 2.87. The molecule has 0 bridgehead atoms. The molecule has 2 rings (SSSR count). The quantitative estimate of drug-likeness (QED) is 0.815. The number of rotatable bonds is 2. The monoisotopic (exact) mass is 231 g/mol. The van der Waals surface area contributed by atoms with Crippen LogP contribution in [0.15, 0.2) is 24.3 Å². The summed E-state index contributed by atoms with van der Waals surface area (Å²) in [5.74, 6) is 0.617. The molecule has 0 aromatic heterocycles. The molecule has 1 atom stereocenters. The predicted molar refractivity (Wildman–Crippen MR) is 74.6 cm³/mol. The third kappa shape index (κ3) is 2.01. The van der Waals surface area contributed by atoms with Crippen molar-refractivity contribution in [1.82, 2.24) is 5.32 Å². The highest BCUT2D eigenvalue weighted by Gasteiger charge is 2.45. The van der Waals surface area contributed by atoms with Gasteiger partial charge in [-0.1, -0.05) is 45.0 Å². The summed E-state index contributed by atoms with van der Waals surface area (Å²) in [6.45, 7) is 12.6. The standard InChI is InChI=1S/C16H25N/c1-12(2)13-6-8-14(9-7-13)16(5)10-11-17-15(16,3)4/h6-9,12,17H,10-11H2,1-5H3. The molecule has 1 N–H and O–H groups in total. The van der Waals surface area contributed by atoms with Gasteiger partial charge >= 0.3 is 0 Å². The van der Waals surface area contributed by atoms with Crippen molar-refractivity contribution < 1.29 is 0 Å². The van der Waals surface area contributed by atoms with Gasteiger partial charge in [-0.15, -0.1) is 0 Å². The molecule has 1 unspecified atom stereocenters. The van der Waals surface area contributed by atoms with Crippen LogP contribution in [0.2, 0.25) is 0 Å². The van der Waals surface area contributed by atoms with Crippen molar-refractivity contribution in [3.05, 3.63) is 35.4 Å². The molecule has 0 spiro atoms. The Kier molecular flexibility index (Phi) is 3.07. The molecule has 1 aliphatic heterocycles. The molecule has 1 aromatic carbocycles. The third-order valence-electron chi connectivity index (χ3n) is 4.79. The minimum absolute atomic E-state index is 0.187. The molecule has 1 heteroatoms. The van der Waals surface area contributed by atoms with E-state index in [9.17, 15) is 0 Å². The SMILES string of the molecule is CC(C)c1ccc(C2(C)CCNC2(C)C)cc1. The molecule has 1 aliphatic rings. The Labute approximate surface area is 106 Å². The Balaban J connectivity index is 2.34. The number of benzene rings is 1. The fraction of sp³-hybridized carbons (Fsp3) is 0.625. The van der Waals surface area contributed by atoms with Crippen LogP contribution < -0.4 is 5.32 Å². The number of hydrogen-bond donors (Lipinski definition) is 1. The average Bonchev–Trinajstić information content (AvgIpc) is 2.55. The van der Waals surface area contributed by atoms with Crippen LogP contribution in [0.3, 0.4) is 0 Å². The Bertz CT molecular complexity index is 388. The van der Waals surface area contributed by atoms with Gasteiger partial charge in [0, 0.05) is 11.0 Å². The second-order valence-corrected chi connectivity index (χ2v) is 6.41. The van der Waals surface area contributed by atoms with Crippen molar-refractivity contribution in [3.63, 3.8) is 0 Å². The second-order valence-electron chi connectivity index (χ2n) is 6.41. The largest absolute Gasteiger partial charge is 0.311 e. The van der Waals surface area contributed by atoms with Crippen LogP contribution in [-0.2, 0) is 5.41 Å². The number of hydrogen-bond acceptors (Lipinski definition) is 1. The predicted octanol–water partition coefficient (Wildman–Crippen LogP) is 3.84. The van der Waals surface area contributed by atoms with Crippen molar-refractivity contribution in [3.8, 4) is 0 Å². The Hall–Kier alpha value is -0.820. The smallest absolute Gasteiger partial charge is 0.0219 e. The van der Waals surface area contributed by atoms with Gasteiger partial charge in [-0.2, -0.15) is 0 Å². The lowest BCUT2D eigenvalue weighted by Crippen LogP contribution is -2.47. The first kappa shape index (κ1) is 12.6. The van der Waals surface area contributed by atoms with Gasteiger partial charge in [0.05, 0.1) is 0 Å². The van der Waals surface area contributed by atoms with Crippen LogP contribution in [0.1, 0.15) is 58.1 Å². The molecule has 1 saturated heterocycles. The fourth-order valence-corrected chi connectivity index (χ4v) is 2.87. The van der Waals surface area contributed by atoms with E-state index < -0.39 is 0 Å². The first-order chi connectivity index (χ1) is 7.87. The zero-order valence-corrected chi connectivity index (χ0v) is 11.8. The highest BCUT2D eigenvalue weighted by Crippen LogP contribution is 2.42. The average molecular weight is 231 g/mol. The molecular weight excluding hydrogens is 206 g/mol. The van der Waals surface area contributed by atoms with Gasteiger partial charge in [0.2, 0.25) is 0 Å². The van der Waals surface area contributed by atoms with Crippen LogP contribution in [0.5, 0.6) is 0 Å². The van der Waals surface area contributed by atoms with Crippen LogP contribution in [0.4, 0.5) is 0 Å². The highest BCUT2D eigenvalue weighted by atomic mass is 15.0. The second kappa shape index (κ2) is 4.13. The highest BCUT2D eigenvalue weighted by molar-refractivity contribution is 5.34. The van der Waals surface area contributed by atoms with Gasteiger partial charge in [-0.3, -0.25) is 0 Å². The van der Waals surface area contributed by atoms with Crippen molar-refractivity contribution in [2.75, 3.05) is 6.54 Å². The molecule has 0 aliphatic carbocycles. The first-order valence-corrected chi connectivity index (χ1v) is 6.72. The molecule has 0 saturated carbocycles. The normalized spacial score (nSPS) is 27.6. The first-order valence-electron chi connectivity index (χ1n) is 6.72. The summed E-state index contributed by atoms with van der Waals surface area (Å²) in [4.78, 5) is 0. The van der Waals surface area contributed by atoms with E-state index in [0.717, 1.165) is 6.54 Å². The lowest BCUT2D eigenvalue weighted by Gasteiger charge is -2.38. The van der Waals surface area contributed by atoms with Crippen molar-refractivity contribution in [1.29, 1.82) is 0 Å². The van der Waals surface area contributed by atoms with E-state index in [4.69, 9.17) is 0 Å². The van der Waals surface area contributed by atoms with E-state index >= 15 is 0 Å². The molecular formula is C16H25N. The number of nitrogens with one attached hydrogen (secondary N) is 1. The van der Waals surface area contributed by atoms with Crippen LogP contribution >= 0.6 is 0 Å². The van der Waals surface area contributed by atoms with Crippen molar-refractivity contribution in [2.24, 2.45) is 0 Å². The summed E-state index contributed by atoms with van der Waals surface area (Å²) in [6.07, 6.45) is 1.22. The summed E-state index contributed by atoms with van der Waals surface area (Å²) < 4.78 is 0. The zero-order valence-electron chi connectivity index (χ0n) is 11.8. The molecule has 94 valence electrons. The zero-order chi connectivity index (χ0) is 12.7. The van der Waals surface area contributed by atoms with Crippen molar-refractivity contribution >= 4 is 0 Å². The lowest BCUT2D eigenvalue weighted by molar-refractivity contribution is 0.297. The van der Waals surface area contributed by atoms with Crippen LogP contribution in [0.25, 0.3) is 0 Å². The molecule has 1 heterocycles. The Morgan fingerprint density at radius 1 is 1.06 bits per heavy atom. The van der Waals surface area contributed by atoms with Crippen LogP contribution in [0, 0.1) is 0 Å². The van der Waals surface area contributed by atoms with Gasteiger partial charge in [0.1, 0.15) is 0 Å². The van der Waals surface area contributed by atoms with Gasteiger partial charge < -0.3 is 5.32 Å². The third-order valence-corrected chi connectivity index (χ3v) is 4.79. The molecule has 1 aromatic rings. The van der Waals surface area contributed by atoms with E-state index in [-0.39, 0.29) is 11.0 Å². The maximum Gasteiger partial charge on any atom is 0.0219 e. The maximum atomic E-state index is 3.62. The maximum absolute atomic E-state index is 3.62. The summed E-state index contributed by atoms with van der Waals surface area (Å²) in [7, 11) is 0. The van der Waals surface area contributed by atoms with E-state index in [0.29, 0.717) is 5.92 Å². The minimum atomic E-state index is 0.187. The molecule has 1 nitrogen and oxygen atoms in total. The lowest BCUT2D eigenvalue weighted by atomic mass is 9.69. The molecule has 0 radical (unpaired) electrons. The van der Waals surface area contributed by atoms with E-state index in [1.165, 1.54) is 17.5 Å². The van der Waals surface area contributed by atoms with E-state index in [1.807, 2.05) is 0 Å². The van der Waals surface area contributed by atoms with Gasteiger partial charge in [0.15, 0.2) is 0 Å².